The number of benzene rings is 1. The highest BCUT2D eigenvalue weighted by Crippen LogP contribution is 2.58. The molecule has 1 aromatic carbocycles. The van der Waals surface area contributed by atoms with Gasteiger partial charge in [-0.1, -0.05) is 33.3 Å². The Morgan fingerprint density at radius 1 is 1.13 bits per heavy atom. The highest BCUT2D eigenvalue weighted by atomic mass is 16.6. The number of rotatable bonds is 9. The summed E-state index contributed by atoms with van der Waals surface area (Å²) >= 11 is 0. The molecule has 1 aromatic rings. The first-order chi connectivity index (χ1) is 21.8. The maximum atomic E-state index is 13.2. The minimum Gasteiger partial charge on any atom is -0.490 e. The van der Waals surface area contributed by atoms with Crippen LogP contribution in [0.1, 0.15) is 115 Å². The fourth-order valence-electron chi connectivity index (χ4n) is 6.19. The van der Waals surface area contributed by atoms with Gasteiger partial charge in [-0.25, -0.2) is 9.59 Å². The summed E-state index contributed by atoms with van der Waals surface area (Å²) in [7, 11) is 1.39. The van der Waals surface area contributed by atoms with Crippen LogP contribution < -0.4 is 10.1 Å². The first-order valence-electron chi connectivity index (χ1n) is 16.8. The summed E-state index contributed by atoms with van der Waals surface area (Å²) in [6, 6.07) is 5.90. The fourth-order valence-corrected chi connectivity index (χ4v) is 6.19. The number of ether oxygens (including phenoxy) is 3. The van der Waals surface area contributed by atoms with Crippen molar-refractivity contribution in [2.45, 2.75) is 129 Å². The molecular weight excluding hydrogens is 590 g/mol. The number of hydrogen-bond acceptors (Lipinski definition) is 8. The number of nitrogens with one attached hydrogen (secondary N) is 1. The van der Waals surface area contributed by atoms with Crippen molar-refractivity contribution in [3.63, 3.8) is 0 Å². The summed E-state index contributed by atoms with van der Waals surface area (Å²) in [6.07, 6.45) is 8.90. The minimum atomic E-state index is -0.506. The molecule has 1 unspecified atom stereocenters. The smallest absolute Gasteiger partial charge is 0.410 e. The number of fused-ring (bicyclic) bond motifs is 2. The van der Waals surface area contributed by atoms with Crippen LogP contribution in [0.3, 0.4) is 0 Å². The molecule has 11 heteroatoms. The van der Waals surface area contributed by atoms with E-state index in [0.29, 0.717) is 23.9 Å². The van der Waals surface area contributed by atoms with Gasteiger partial charge in [0.05, 0.1) is 18.8 Å². The molecule has 46 heavy (non-hydrogen) atoms. The summed E-state index contributed by atoms with van der Waals surface area (Å²) in [5, 5.41) is 10.4. The van der Waals surface area contributed by atoms with Crippen LogP contribution in [0.15, 0.2) is 18.2 Å². The van der Waals surface area contributed by atoms with Crippen LogP contribution in [-0.4, -0.2) is 89.9 Å². The molecule has 4 aliphatic rings. The summed E-state index contributed by atoms with van der Waals surface area (Å²) < 4.78 is 16.3. The van der Waals surface area contributed by atoms with Crippen molar-refractivity contribution in [3.8, 4) is 5.75 Å². The maximum absolute atomic E-state index is 13.2. The van der Waals surface area contributed by atoms with Gasteiger partial charge >= 0.3 is 12.1 Å². The van der Waals surface area contributed by atoms with Crippen LogP contribution in [0.4, 0.5) is 4.79 Å². The molecule has 0 aromatic heterocycles. The second-order valence-corrected chi connectivity index (χ2v) is 14.0. The molecule has 1 saturated heterocycles. The molecule has 2 aliphatic heterocycles. The Balaban J connectivity index is 0.000000243. The number of esters is 1. The second-order valence-electron chi connectivity index (χ2n) is 14.0. The lowest BCUT2D eigenvalue weighted by Crippen LogP contribution is -2.47. The summed E-state index contributed by atoms with van der Waals surface area (Å²) in [6.45, 7) is 14.5. The van der Waals surface area contributed by atoms with E-state index in [4.69, 9.17) is 24.1 Å². The predicted molar refractivity (Wildman–Crippen MR) is 175 cm³/mol. The van der Waals surface area contributed by atoms with Gasteiger partial charge < -0.3 is 34.4 Å². The molecule has 1 atom stereocenters. The molecule has 0 radical (unpaired) electrons. The third-order valence-corrected chi connectivity index (χ3v) is 8.91. The Hall–Kier alpha value is -3.34. The number of nitrogens with zero attached hydrogens (tertiary/aromatic N) is 2. The van der Waals surface area contributed by atoms with Crippen molar-refractivity contribution in [1.82, 2.24) is 15.1 Å². The van der Waals surface area contributed by atoms with Crippen molar-refractivity contribution in [2.24, 2.45) is 5.92 Å². The number of piperidine rings is 1. The Morgan fingerprint density at radius 2 is 1.76 bits per heavy atom. The Bertz CT molecular complexity index is 1180. The molecule has 2 amide bonds. The monoisotopic (exact) mass is 645 g/mol. The SMILES string of the molecule is CC(C)NCC1CCN(C(=O)OC(C)(C)C)CC1.CCCC(C(=O)OC)N1C(=O)c2cc(OC3CCC3)ccc2C12CC2.O=CO. The van der Waals surface area contributed by atoms with Crippen LogP contribution in [0.5, 0.6) is 5.75 Å². The van der Waals surface area contributed by atoms with E-state index < -0.39 is 11.6 Å². The third kappa shape index (κ3) is 9.59. The normalized spacial score (nSPS) is 19.2. The molecule has 2 aliphatic carbocycles. The van der Waals surface area contributed by atoms with Crippen LogP contribution in [0.25, 0.3) is 0 Å². The molecule has 2 heterocycles. The molecule has 3 fully saturated rings. The van der Waals surface area contributed by atoms with Gasteiger partial charge in [-0.05, 0) is 102 Å². The molecule has 11 nitrogen and oxygen atoms in total. The first-order valence-corrected chi connectivity index (χ1v) is 16.8. The van der Waals surface area contributed by atoms with Crippen LogP contribution >= 0.6 is 0 Å². The van der Waals surface area contributed by atoms with Crippen molar-refractivity contribution in [2.75, 3.05) is 26.7 Å². The van der Waals surface area contributed by atoms with Gasteiger partial charge in [0, 0.05) is 24.7 Å². The Kier molecular flexibility index (Phi) is 13.3. The lowest BCUT2D eigenvalue weighted by atomic mass is 9.96. The fraction of sp³-hybridized carbons (Fsp3) is 0.714. The van der Waals surface area contributed by atoms with Gasteiger partial charge in [0.15, 0.2) is 0 Å². The Labute approximate surface area is 274 Å². The average Bonchev–Trinajstić information content (AvgIpc) is 3.74. The number of amides is 2. The molecule has 0 bridgehead atoms. The van der Waals surface area contributed by atoms with Crippen molar-refractivity contribution < 1.29 is 38.5 Å². The van der Waals surface area contributed by atoms with Crippen molar-refractivity contribution in [3.05, 3.63) is 29.3 Å². The second kappa shape index (κ2) is 16.5. The number of carbonyl (C=O) groups excluding carboxylic acids is 3. The van der Waals surface area contributed by atoms with Crippen LogP contribution in [0.2, 0.25) is 0 Å². The quantitative estimate of drug-likeness (QED) is 0.255. The third-order valence-electron chi connectivity index (χ3n) is 8.91. The molecule has 258 valence electrons. The van der Waals surface area contributed by atoms with E-state index in [1.807, 2.05) is 50.8 Å². The van der Waals surface area contributed by atoms with E-state index in [-0.39, 0.29) is 36.1 Å². The number of likely N-dealkylation sites (tertiary alicyclic amines) is 1. The summed E-state index contributed by atoms with van der Waals surface area (Å²) in [5.41, 5.74) is 1.03. The summed E-state index contributed by atoms with van der Waals surface area (Å²) in [5.74, 6) is 1.07. The lowest BCUT2D eigenvalue weighted by molar-refractivity contribution is -0.147. The van der Waals surface area contributed by atoms with E-state index in [0.717, 1.165) is 75.9 Å². The van der Waals surface area contributed by atoms with E-state index in [1.165, 1.54) is 13.5 Å². The molecule has 2 saturated carbocycles. The van der Waals surface area contributed by atoms with Crippen LogP contribution in [0, 0.1) is 5.92 Å². The average molecular weight is 646 g/mol. The summed E-state index contributed by atoms with van der Waals surface area (Å²) in [4.78, 5) is 49.4. The largest absolute Gasteiger partial charge is 0.490 e. The zero-order valence-electron chi connectivity index (χ0n) is 28.8. The predicted octanol–water partition coefficient (Wildman–Crippen LogP) is 5.74. The van der Waals surface area contributed by atoms with Gasteiger partial charge in [0.2, 0.25) is 0 Å². The molecule has 2 N–H and O–H groups in total. The number of hydrogen-bond donors (Lipinski definition) is 2. The number of methoxy groups -OCH3 is 1. The number of carbonyl (C=O) groups is 4. The Morgan fingerprint density at radius 3 is 2.24 bits per heavy atom. The van der Waals surface area contributed by atoms with E-state index in [9.17, 15) is 14.4 Å². The standard InChI is InChI=1S/C20H25NO4.C14H28N2O2.CH2O2/c1-3-5-17(19(23)24-2)21-18(22)15-12-14(25-13-6-4-7-13)8-9-16(15)20(21)10-11-20;1-11(2)15-10-12-6-8-16(9-7-12)13(17)18-14(3,4)5;2-1-3/h8-9,12-13,17H,3-7,10-11H2,1-2H3;11-12,15H,6-10H2,1-5H3;1H,(H,2,3). The highest BCUT2D eigenvalue weighted by Gasteiger charge is 2.60. The van der Waals surface area contributed by atoms with Gasteiger partial charge in [0.25, 0.3) is 12.4 Å². The van der Waals surface area contributed by atoms with Gasteiger partial charge in [0.1, 0.15) is 17.4 Å². The maximum Gasteiger partial charge on any atom is 0.410 e. The number of carboxylic acid groups (broad SMARTS) is 1. The van der Waals surface area contributed by atoms with E-state index >= 15 is 0 Å². The molecular formula is C35H55N3O8. The first kappa shape index (κ1) is 37.1. The molecule has 1 spiro atoms. The topological polar surface area (TPSA) is 135 Å². The van der Waals surface area contributed by atoms with Crippen LogP contribution in [-0.2, 0) is 24.6 Å². The molecule has 5 rings (SSSR count). The zero-order chi connectivity index (χ0) is 34.1. The van der Waals surface area contributed by atoms with Gasteiger partial charge in [-0.3, -0.25) is 9.59 Å². The van der Waals surface area contributed by atoms with E-state index in [1.54, 1.807) is 4.90 Å². The van der Waals surface area contributed by atoms with Gasteiger partial charge in [-0.15, -0.1) is 0 Å². The lowest BCUT2D eigenvalue weighted by Gasteiger charge is -2.33. The highest BCUT2D eigenvalue weighted by molar-refractivity contribution is 6.03. The van der Waals surface area contributed by atoms with Crippen molar-refractivity contribution in [1.29, 1.82) is 0 Å². The minimum absolute atomic E-state index is 0.0598. The zero-order valence-corrected chi connectivity index (χ0v) is 28.8. The van der Waals surface area contributed by atoms with Crippen molar-refractivity contribution >= 4 is 24.4 Å². The van der Waals surface area contributed by atoms with E-state index in [2.05, 4.69) is 19.2 Å². The van der Waals surface area contributed by atoms with Gasteiger partial charge in [-0.2, -0.15) is 0 Å².